The molecule has 0 unspecified atom stereocenters. The summed E-state index contributed by atoms with van der Waals surface area (Å²) < 4.78 is 2.15. The molecular formula is C29H26N4S. The van der Waals surface area contributed by atoms with Gasteiger partial charge in [0, 0.05) is 28.8 Å². The van der Waals surface area contributed by atoms with Gasteiger partial charge in [0.15, 0.2) is 11.0 Å². The number of aryl methyl sites for hydroxylation is 2. The Bertz CT molecular complexity index is 1470. The Morgan fingerprint density at radius 3 is 2.47 bits per heavy atom. The number of nitrogens with zero attached hydrogens (tertiary/aromatic N) is 4. The van der Waals surface area contributed by atoms with Gasteiger partial charge in [-0.25, -0.2) is 4.98 Å². The van der Waals surface area contributed by atoms with Gasteiger partial charge in [0.2, 0.25) is 0 Å². The Labute approximate surface area is 204 Å². The zero-order valence-electron chi connectivity index (χ0n) is 19.4. The van der Waals surface area contributed by atoms with Gasteiger partial charge < -0.3 is 0 Å². The van der Waals surface area contributed by atoms with Crippen LogP contribution in [0.2, 0.25) is 0 Å². The van der Waals surface area contributed by atoms with E-state index in [-0.39, 0.29) is 0 Å². The van der Waals surface area contributed by atoms with Crippen molar-refractivity contribution in [1.82, 2.24) is 19.7 Å². The molecule has 34 heavy (non-hydrogen) atoms. The number of thioether (sulfide) groups is 1. The topological polar surface area (TPSA) is 43.6 Å². The van der Waals surface area contributed by atoms with Gasteiger partial charge >= 0.3 is 0 Å². The first-order chi connectivity index (χ1) is 16.6. The Morgan fingerprint density at radius 1 is 0.882 bits per heavy atom. The third-order valence-corrected chi connectivity index (χ3v) is 7.03. The second-order valence-electron chi connectivity index (χ2n) is 8.35. The number of benzene rings is 3. The highest BCUT2D eigenvalue weighted by Gasteiger charge is 2.18. The zero-order valence-corrected chi connectivity index (χ0v) is 20.2. The fourth-order valence-electron chi connectivity index (χ4n) is 4.05. The highest BCUT2D eigenvalue weighted by Crippen LogP contribution is 2.33. The molecule has 0 aliphatic heterocycles. The van der Waals surface area contributed by atoms with Crippen molar-refractivity contribution < 1.29 is 0 Å². The predicted molar refractivity (Wildman–Crippen MR) is 142 cm³/mol. The van der Waals surface area contributed by atoms with Crippen LogP contribution in [-0.4, -0.2) is 19.7 Å². The van der Waals surface area contributed by atoms with E-state index in [0.29, 0.717) is 6.54 Å². The average Bonchev–Trinajstić information content (AvgIpc) is 3.27. The summed E-state index contributed by atoms with van der Waals surface area (Å²) in [7, 11) is 0. The lowest BCUT2D eigenvalue weighted by atomic mass is 10.0. The maximum Gasteiger partial charge on any atom is 0.192 e. The largest absolute Gasteiger partial charge is 0.298 e. The third-order valence-electron chi connectivity index (χ3n) is 5.99. The van der Waals surface area contributed by atoms with E-state index in [9.17, 15) is 0 Å². The van der Waals surface area contributed by atoms with E-state index in [1.165, 1.54) is 16.7 Å². The minimum atomic E-state index is 0.634. The van der Waals surface area contributed by atoms with Gasteiger partial charge in [-0.3, -0.25) is 4.57 Å². The Hall–Kier alpha value is -3.70. The monoisotopic (exact) mass is 462 g/mol. The number of hydrogen-bond donors (Lipinski definition) is 0. The molecule has 5 heteroatoms. The highest BCUT2D eigenvalue weighted by atomic mass is 32.2. The second-order valence-corrected chi connectivity index (χ2v) is 9.29. The maximum absolute atomic E-state index is 4.92. The summed E-state index contributed by atoms with van der Waals surface area (Å²) in [4.78, 5) is 4.92. The van der Waals surface area contributed by atoms with Crippen LogP contribution < -0.4 is 0 Å². The summed E-state index contributed by atoms with van der Waals surface area (Å²) in [6, 6.07) is 27.2. The van der Waals surface area contributed by atoms with Gasteiger partial charge in [0.05, 0.1) is 11.2 Å². The lowest BCUT2D eigenvalue weighted by molar-refractivity contribution is 0.731. The van der Waals surface area contributed by atoms with Crippen molar-refractivity contribution in [3.63, 3.8) is 0 Å². The van der Waals surface area contributed by atoms with Crippen LogP contribution in [0.4, 0.5) is 0 Å². The van der Waals surface area contributed by atoms with E-state index >= 15 is 0 Å². The third kappa shape index (κ3) is 4.39. The van der Waals surface area contributed by atoms with Crippen LogP contribution in [0.5, 0.6) is 0 Å². The van der Waals surface area contributed by atoms with Crippen LogP contribution in [0, 0.1) is 13.8 Å². The fraction of sp³-hybridized carbons (Fsp3) is 0.138. The van der Waals surface area contributed by atoms with Gasteiger partial charge in [0.25, 0.3) is 0 Å². The summed E-state index contributed by atoms with van der Waals surface area (Å²) in [6.45, 7) is 8.91. The first-order valence-corrected chi connectivity index (χ1v) is 12.3. The number of hydrogen-bond acceptors (Lipinski definition) is 4. The van der Waals surface area contributed by atoms with E-state index < -0.39 is 0 Å². The van der Waals surface area contributed by atoms with Gasteiger partial charge in [-0.15, -0.1) is 16.8 Å². The van der Waals surface area contributed by atoms with Gasteiger partial charge in [-0.2, -0.15) is 0 Å². The maximum atomic E-state index is 4.92. The first kappa shape index (κ1) is 22.1. The van der Waals surface area contributed by atoms with Gasteiger partial charge in [0.1, 0.15) is 0 Å². The van der Waals surface area contributed by atoms with Crippen molar-refractivity contribution in [1.29, 1.82) is 0 Å². The first-order valence-electron chi connectivity index (χ1n) is 11.3. The molecular weight excluding hydrogens is 436 g/mol. The number of allylic oxidation sites excluding steroid dienone is 1. The van der Waals surface area contributed by atoms with Crippen LogP contribution in [0.1, 0.15) is 16.7 Å². The van der Waals surface area contributed by atoms with E-state index in [2.05, 4.69) is 83.7 Å². The molecule has 0 N–H and O–H groups in total. The molecule has 5 aromatic rings. The fourth-order valence-corrected chi connectivity index (χ4v) is 4.94. The van der Waals surface area contributed by atoms with Crippen LogP contribution in [0.25, 0.3) is 33.5 Å². The Kier molecular flexibility index (Phi) is 6.28. The summed E-state index contributed by atoms with van der Waals surface area (Å²) in [6.07, 6.45) is 1.90. The summed E-state index contributed by atoms with van der Waals surface area (Å²) in [5, 5.41) is 11.2. The number of pyridine rings is 1. The van der Waals surface area contributed by atoms with E-state index in [0.717, 1.165) is 44.5 Å². The summed E-state index contributed by atoms with van der Waals surface area (Å²) in [5.74, 6) is 1.67. The van der Waals surface area contributed by atoms with Gasteiger partial charge in [-0.1, -0.05) is 84.6 Å². The number of aromatic nitrogens is 4. The molecule has 168 valence electrons. The molecule has 5 rings (SSSR count). The van der Waals surface area contributed by atoms with Crippen LogP contribution in [0.3, 0.4) is 0 Å². The number of para-hydroxylation sites is 1. The minimum Gasteiger partial charge on any atom is -0.298 e. The normalized spacial score (nSPS) is 11.1. The molecule has 0 saturated carbocycles. The second kappa shape index (κ2) is 9.65. The molecule has 2 aromatic heterocycles. The smallest absolute Gasteiger partial charge is 0.192 e. The predicted octanol–water partition coefficient (Wildman–Crippen LogP) is 7.26. The van der Waals surface area contributed by atoms with Gasteiger partial charge in [-0.05, 0) is 42.7 Å². The summed E-state index contributed by atoms with van der Waals surface area (Å²) >= 11 is 1.70. The highest BCUT2D eigenvalue weighted by molar-refractivity contribution is 7.98. The van der Waals surface area contributed by atoms with E-state index in [1.54, 1.807) is 11.8 Å². The molecule has 3 aromatic carbocycles. The molecule has 0 atom stereocenters. The molecule has 0 bridgehead atoms. The number of fused-ring (bicyclic) bond motifs is 1. The molecule has 0 amide bonds. The number of rotatable bonds is 7. The van der Waals surface area contributed by atoms with Crippen molar-refractivity contribution in [3.8, 4) is 22.6 Å². The zero-order chi connectivity index (χ0) is 23.5. The van der Waals surface area contributed by atoms with Crippen molar-refractivity contribution in [2.24, 2.45) is 0 Å². The van der Waals surface area contributed by atoms with Crippen molar-refractivity contribution in [2.45, 2.75) is 31.3 Å². The van der Waals surface area contributed by atoms with E-state index in [1.807, 2.05) is 36.4 Å². The van der Waals surface area contributed by atoms with Crippen LogP contribution in [0.15, 0.2) is 96.7 Å². The standard InChI is InChI=1S/C29H26N4S/c1-4-16-33-28(31-32-29(33)34-19-22-15-14-20(2)21(3)17-22)25-18-27(23-10-6-5-7-11-23)30-26-13-9-8-12-24(25)26/h4-15,17-18H,1,16,19H2,2-3H3. The van der Waals surface area contributed by atoms with Crippen molar-refractivity contribution in [2.75, 3.05) is 0 Å². The molecule has 0 spiro atoms. The van der Waals surface area contributed by atoms with E-state index in [4.69, 9.17) is 4.98 Å². The molecule has 0 fully saturated rings. The Balaban J connectivity index is 1.58. The molecule has 0 radical (unpaired) electrons. The van der Waals surface area contributed by atoms with Crippen LogP contribution in [-0.2, 0) is 12.3 Å². The molecule has 0 aliphatic carbocycles. The SMILES string of the molecule is C=CCn1c(SCc2ccc(C)c(C)c2)nnc1-c1cc(-c2ccccc2)nc2ccccc12. The lowest BCUT2D eigenvalue weighted by Gasteiger charge is -2.12. The van der Waals surface area contributed by atoms with Crippen LogP contribution >= 0.6 is 11.8 Å². The summed E-state index contributed by atoms with van der Waals surface area (Å²) in [5.41, 5.74) is 7.87. The van der Waals surface area contributed by atoms with Crippen molar-refractivity contribution >= 4 is 22.7 Å². The quantitative estimate of drug-likeness (QED) is 0.189. The molecule has 0 saturated heterocycles. The molecule has 2 heterocycles. The van der Waals surface area contributed by atoms with Crippen molar-refractivity contribution in [3.05, 3.63) is 108 Å². The Morgan fingerprint density at radius 2 is 1.68 bits per heavy atom. The molecule has 4 nitrogen and oxygen atoms in total. The average molecular weight is 463 g/mol. The lowest BCUT2D eigenvalue weighted by Crippen LogP contribution is -2.02. The minimum absolute atomic E-state index is 0.634. The molecule has 0 aliphatic rings.